The van der Waals surface area contributed by atoms with Gasteiger partial charge >= 0.3 is 0 Å². The topological polar surface area (TPSA) is 77.3 Å². The number of halogens is 3. The zero-order valence-electron chi connectivity index (χ0n) is 19.8. The van der Waals surface area contributed by atoms with Crippen LogP contribution in [0.4, 0.5) is 24.8 Å². The van der Waals surface area contributed by atoms with E-state index in [-0.39, 0.29) is 11.6 Å². The molecule has 2 fully saturated rings. The molecule has 1 aliphatic carbocycles. The Morgan fingerprint density at radius 2 is 1.89 bits per heavy atom. The van der Waals surface area contributed by atoms with Crippen molar-refractivity contribution in [1.29, 1.82) is 0 Å². The molecule has 1 N–H and O–H groups in total. The summed E-state index contributed by atoms with van der Waals surface area (Å²) in [5.41, 5.74) is 1.01. The van der Waals surface area contributed by atoms with Gasteiger partial charge in [-0.25, -0.2) is 22.8 Å². The van der Waals surface area contributed by atoms with E-state index in [0.717, 1.165) is 37.7 Å². The SMILES string of the molecule is COc1cc(N2C[C@H]3CC[C@@H](C2)[C@@H]3Nc2nc3n(n2)CCCO[C@H]3c2ccc(F)c(F)c2F)ccn1. The van der Waals surface area contributed by atoms with E-state index < -0.39 is 23.6 Å². The lowest BCUT2D eigenvalue weighted by Crippen LogP contribution is -2.48. The van der Waals surface area contributed by atoms with E-state index in [1.807, 2.05) is 12.1 Å². The van der Waals surface area contributed by atoms with Crippen molar-refractivity contribution in [3.8, 4) is 5.88 Å². The Balaban J connectivity index is 1.23. The Morgan fingerprint density at radius 1 is 1.08 bits per heavy atom. The molecule has 4 heterocycles. The van der Waals surface area contributed by atoms with Gasteiger partial charge in [-0.1, -0.05) is 0 Å². The van der Waals surface area contributed by atoms with E-state index in [4.69, 9.17) is 9.47 Å². The van der Waals surface area contributed by atoms with Crippen molar-refractivity contribution < 1.29 is 22.6 Å². The van der Waals surface area contributed by atoms with Crippen LogP contribution in [0.1, 0.15) is 36.8 Å². The maximum Gasteiger partial charge on any atom is 0.242 e. The van der Waals surface area contributed by atoms with Crippen LogP contribution < -0.4 is 15.0 Å². The van der Waals surface area contributed by atoms with E-state index in [0.29, 0.717) is 49.1 Å². The smallest absolute Gasteiger partial charge is 0.242 e. The summed E-state index contributed by atoms with van der Waals surface area (Å²) in [5, 5.41) is 8.16. The number of aromatic nitrogens is 4. The number of methoxy groups -OCH3 is 1. The fourth-order valence-electron chi connectivity index (χ4n) is 5.76. The second-order valence-electron chi connectivity index (χ2n) is 9.61. The molecule has 1 aromatic carbocycles. The van der Waals surface area contributed by atoms with Gasteiger partial charge in [-0.2, -0.15) is 4.98 Å². The van der Waals surface area contributed by atoms with Crippen LogP contribution in [0.15, 0.2) is 30.5 Å². The van der Waals surface area contributed by atoms with Gasteiger partial charge in [-0.3, -0.25) is 0 Å². The monoisotopic (exact) mass is 500 g/mol. The molecule has 0 spiro atoms. The number of nitrogens with one attached hydrogen (secondary N) is 1. The predicted molar refractivity (Wildman–Crippen MR) is 125 cm³/mol. The molecule has 3 aliphatic rings. The molecule has 2 aromatic heterocycles. The van der Waals surface area contributed by atoms with Gasteiger partial charge in [-0.15, -0.1) is 5.10 Å². The fourth-order valence-corrected chi connectivity index (χ4v) is 5.76. The third-order valence-electron chi connectivity index (χ3n) is 7.50. The minimum absolute atomic E-state index is 0.0860. The number of anilines is 2. The quantitative estimate of drug-likeness (QED) is 0.532. The molecule has 36 heavy (non-hydrogen) atoms. The second kappa shape index (κ2) is 9.27. The highest BCUT2D eigenvalue weighted by Crippen LogP contribution is 2.40. The molecule has 190 valence electrons. The van der Waals surface area contributed by atoms with Crippen LogP contribution in [0.25, 0.3) is 0 Å². The van der Waals surface area contributed by atoms with Gasteiger partial charge in [0.15, 0.2) is 23.3 Å². The van der Waals surface area contributed by atoms with Crippen LogP contribution >= 0.6 is 0 Å². The van der Waals surface area contributed by atoms with Crippen molar-refractivity contribution in [3.05, 3.63) is 59.3 Å². The number of piperidine rings is 1. The van der Waals surface area contributed by atoms with E-state index in [2.05, 4.69) is 25.3 Å². The van der Waals surface area contributed by atoms with E-state index in [1.54, 1.807) is 18.0 Å². The van der Waals surface area contributed by atoms with Crippen LogP contribution in [-0.2, 0) is 11.3 Å². The van der Waals surface area contributed by atoms with Gasteiger partial charge < -0.3 is 19.7 Å². The zero-order chi connectivity index (χ0) is 24.8. The van der Waals surface area contributed by atoms with Crippen LogP contribution in [0, 0.1) is 29.3 Å². The highest BCUT2D eigenvalue weighted by molar-refractivity contribution is 5.49. The zero-order valence-corrected chi connectivity index (χ0v) is 19.8. The summed E-state index contributed by atoms with van der Waals surface area (Å²) >= 11 is 0. The van der Waals surface area contributed by atoms with Crippen molar-refractivity contribution in [2.24, 2.45) is 11.8 Å². The largest absolute Gasteiger partial charge is 0.481 e. The minimum Gasteiger partial charge on any atom is -0.481 e. The molecular weight excluding hydrogens is 473 g/mol. The average molecular weight is 501 g/mol. The van der Waals surface area contributed by atoms with Crippen molar-refractivity contribution in [2.75, 3.05) is 37.0 Å². The first-order valence-corrected chi connectivity index (χ1v) is 12.2. The molecule has 6 rings (SSSR count). The van der Waals surface area contributed by atoms with Crippen LogP contribution in [0.2, 0.25) is 0 Å². The summed E-state index contributed by atoms with van der Waals surface area (Å²) in [6.07, 6.45) is 3.64. The van der Waals surface area contributed by atoms with Gasteiger partial charge in [0.05, 0.1) is 7.11 Å². The molecule has 2 bridgehead atoms. The van der Waals surface area contributed by atoms with Crippen molar-refractivity contribution >= 4 is 11.6 Å². The van der Waals surface area contributed by atoms with E-state index >= 15 is 0 Å². The van der Waals surface area contributed by atoms with Crippen molar-refractivity contribution in [3.63, 3.8) is 0 Å². The predicted octanol–water partition coefficient (Wildman–Crippen LogP) is 3.94. The van der Waals surface area contributed by atoms with Crippen LogP contribution in [0.3, 0.4) is 0 Å². The highest BCUT2D eigenvalue weighted by Gasteiger charge is 2.43. The number of pyridine rings is 1. The Labute approximate surface area is 206 Å². The van der Waals surface area contributed by atoms with Crippen LogP contribution in [0.5, 0.6) is 5.88 Å². The summed E-state index contributed by atoms with van der Waals surface area (Å²) < 4.78 is 54.9. The first-order chi connectivity index (χ1) is 17.5. The third-order valence-corrected chi connectivity index (χ3v) is 7.50. The number of hydrogen-bond acceptors (Lipinski definition) is 7. The molecule has 1 saturated carbocycles. The molecular formula is C25H27F3N6O2. The number of aryl methyl sites for hydroxylation is 1. The molecule has 4 atom stereocenters. The number of benzene rings is 1. The molecule has 0 amide bonds. The van der Waals surface area contributed by atoms with Gasteiger partial charge in [0, 0.05) is 55.8 Å². The first-order valence-electron chi connectivity index (χ1n) is 12.2. The minimum atomic E-state index is -1.51. The third kappa shape index (κ3) is 4.04. The second-order valence-corrected chi connectivity index (χ2v) is 9.61. The van der Waals surface area contributed by atoms with Crippen molar-refractivity contribution in [1.82, 2.24) is 19.7 Å². The molecule has 8 nitrogen and oxygen atoms in total. The maximum absolute atomic E-state index is 14.6. The molecule has 0 radical (unpaired) electrons. The Kier molecular flexibility index (Phi) is 5.94. The number of hydrogen-bond donors (Lipinski definition) is 1. The average Bonchev–Trinajstić information content (AvgIpc) is 3.30. The Bertz CT molecular complexity index is 1260. The maximum atomic E-state index is 14.6. The standard InChI is InChI=1S/C25H27F3N6O2/c1-35-19-11-16(7-8-29-19)33-12-14-3-4-15(13-33)22(14)30-25-31-24-23(36-10-2-9-34(24)32-25)17-5-6-18(26)21(28)20(17)27/h5-8,11,14-15,22-23H,2-4,9-10,12-13H2,1H3,(H,30,32)/t14-,15+,22-,23-/m0/s1. The summed E-state index contributed by atoms with van der Waals surface area (Å²) in [7, 11) is 1.61. The summed E-state index contributed by atoms with van der Waals surface area (Å²) in [6, 6.07) is 6.28. The summed E-state index contributed by atoms with van der Waals surface area (Å²) in [4.78, 5) is 11.2. The molecule has 0 unspecified atom stereocenters. The van der Waals surface area contributed by atoms with Crippen LogP contribution in [-0.4, -0.2) is 52.6 Å². The summed E-state index contributed by atoms with van der Waals surface area (Å²) in [5.74, 6) is -1.77. The molecule has 2 aliphatic heterocycles. The van der Waals surface area contributed by atoms with Gasteiger partial charge in [-0.05, 0) is 49.3 Å². The number of nitrogens with zero attached hydrogens (tertiary/aromatic N) is 5. The Hall–Kier alpha value is -3.34. The number of fused-ring (bicyclic) bond motifs is 3. The normalized spacial score (nSPS) is 25.4. The van der Waals surface area contributed by atoms with E-state index in [1.165, 1.54) is 6.07 Å². The van der Waals surface area contributed by atoms with E-state index in [9.17, 15) is 13.2 Å². The first kappa shape index (κ1) is 23.1. The van der Waals surface area contributed by atoms with Gasteiger partial charge in [0.25, 0.3) is 0 Å². The molecule has 1 saturated heterocycles. The van der Waals surface area contributed by atoms with Gasteiger partial charge in [0.1, 0.15) is 6.10 Å². The summed E-state index contributed by atoms with van der Waals surface area (Å²) in [6.45, 7) is 2.65. The fraction of sp³-hybridized carbons (Fsp3) is 0.480. The molecule has 11 heteroatoms. The van der Waals surface area contributed by atoms with Crippen molar-refractivity contribution in [2.45, 2.75) is 38.0 Å². The Morgan fingerprint density at radius 3 is 2.67 bits per heavy atom. The lowest BCUT2D eigenvalue weighted by molar-refractivity contribution is 0.0780. The lowest BCUT2D eigenvalue weighted by Gasteiger charge is -2.39. The highest BCUT2D eigenvalue weighted by atomic mass is 19.2. The number of ether oxygens (including phenoxy) is 2. The lowest BCUT2D eigenvalue weighted by atomic mass is 9.92. The van der Waals surface area contributed by atoms with Gasteiger partial charge in [0.2, 0.25) is 11.8 Å². The number of rotatable bonds is 5. The molecule has 3 aromatic rings.